The van der Waals surface area contributed by atoms with E-state index in [0.717, 1.165) is 5.56 Å². The highest BCUT2D eigenvalue weighted by atomic mass is 35.5. The molecule has 0 fully saturated rings. The molecule has 0 saturated carbocycles. The number of halogens is 2. The van der Waals surface area contributed by atoms with Gasteiger partial charge in [0.25, 0.3) is 0 Å². The molecule has 0 aliphatic rings. The van der Waals surface area contributed by atoms with Gasteiger partial charge in [-0.15, -0.1) is 0 Å². The molecule has 0 saturated heterocycles. The molecule has 88 valence electrons. The second kappa shape index (κ2) is 4.48. The second-order valence-corrected chi connectivity index (χ2v) is 4.29. The van der Waals surface area contributed by atoms with E-state index in [0.29, 0.717) is 27.0 Å². The summed E-state index contributed by atoms with van der Waals surface area (Å²) >= 11 is 12.1. The van der Waals surface area contributed by atoms with Crippen LogP contribution in [0.15, 0.2) is 36.8 Å². The maximum absolute atomic E-state index is 6.13. The minimum absolute atomic E-state index is 0.312. The van der Waals surface area contributed by atoms with E-state index < -0.39 is 0 Å². The van der Waals surface area contributed by atoms with Gasteiger partial charge in [-0.05, 0) is 18.2 Å². The van der Waals surface area contributed by atoms with Gasteiger partial charge in [0, 0.05) is 29.5 Å². The summed E-state index contributed by atoms with van der Waals surface area (Å²) in [6, 6.07) is 5.35. The Balaban J connectivity index is 2.31. The summed E-state index contributed by atoms with van der Waals surface area (Å²) in [5.41, 5.74) is 1.37. The molecule has 0 bridgehead atoms. The molecule has 6 heteroatoms. The summed E-state index contributed by atoms with van der Waals surface area (Å²) in [7, 11) is 0. The minimum Gasteiger partial charge on any atom is -0.265 e. The third-order valence-electron chi connectivity index (χ3n) is 2.46. The van der Waals surface area contributed by atoms with Crippen LogP contribution in [0.25, 0.3) is 22.3 Å². The van der Waals surface area contributed by atoms with E-state index in [1.807, 2.05) is 12.1 Å². The molecule has 0 atom stereocenters. The number of pyridine rings is 2. The Labute approximate surface area is 113 Å². The molecular weight excluding hydrogens is 271 g/mol. The Morgan fingerprint density at radius 3 is 2.39 bits per heavy atom. The Bertz CT molecular complexity index is 716. The molecule has 0 N–H and O–H groups in total. The van der Waals surface area contributed by atoms with Crippen molar-refractivity contribution in [1.29, 1.82) is 0 Å². The van der Waals surface area contributed by atoms with Crippen LogP contribution in [0, 0.1) is 0 Å². The van der Waals surface area contributed by atoms with Crippen LogP contribution in [0.1, 0.15) is 0 Å². The number of fused-ring (bicyclic) bond motifs is 1. The quantitative estimate of drug-likeness (QED) is 0.505. The predicted molar refractivity (Wildman–Crippen MR) is 70.6 cm³/mol. The fourth-order valence-corrected chi connectivity index (χ4v) is 2.05. The van der Waals surface area contributed by atoms with Crippen molar-refractivity contribution in [2.24, 2.45) is 0 Å². The van der Waals surface area contributed by atoms with Crippen molar-refractivity contribution in [3.8, 4) is 11.4 Å². The highest BCUT2D eigenvalue weighted by Gasteiger charge is 2.10. The molecule has 0 aliphatic carbocycles. The molecule has 0 aromatic carbocycles. The summed E-state index contributed by atoms with van der Waals surface area (Å²) in [5, 5.41) is 1.36. The zero-order chi connectivity index (χ0) is 12.5. The minimum atomic E-state index is 0.312. The van der Waals surface area contributed by atoms with Gasteiger partial charge in [-0.2, -0.15) is 0 Å². The van der Waals surface area contributed by atoms with Crippen molar-refractivity contribution in [3.63, 3.8) is 0 Å². The number of nitrogens with zero attached hydrogens (tertiary/aromatic N) is 4. The lowest BCUT2D eigenvalue weighted by Gasteiger charge is -2.04. The Hall–Kier alpha value is -1.78. The molecule has 0 amide bonds. The van der Waals surface area contributed by atoms with Gasteiger partial charge < -0.3 is 0 Å². The fraction of sp³-hybridized carbons (Fsp3) is 0. The zero-order valence-electron chi connectivity index (χ0n) is 9.01. The van der Waals surface area contributed by atoms with Gasteiger partial charge >= 0.3 is 0 Å². The molecule has 0 aliphatic heterocycles. The molecule has 3 rings (SSSR count). The van der Waals surface area contributed by atoms with Crippen LogP contribution in [-0.4, -0.2) is 19.9 Å². The molecule has 3 aromatic rings. The van der Waals surface area contributed by atoms with Gasteiger partial charge in [-0.25, -0.2) is 15.0 Å². The fourth-order valence-electron chi connectivity index (χ4n) is 1.62. The first-order chi connectivity index (χ1) is 8.75. The van der Waals surface area contributed by atoms with E-state index in [9.17, 15) is 0 Å². The summed E-state index contributed by atoms with van der Waals surface area (Å²) in [6.45, 7) is 0. The third-order valence-corrected chi connectivity index (χ3v) is 3.03. The molecule has 3 heterocycles. The smallest absolute Gasteiger partial charge is 0.161 e. The highest BCUT2D eigenvalue weighted by molar-refractivity contribution is 6.37. The average Bonchev–Trinajstić information content (AvgIpc) is 2.41. The predicted octanol–water partition coefficient (Wildman–Crippen LogP) is 3.39. The second-order valence-electron chi connectivity index (χ2n) is 3.57. The van der Waals surface area contributed by atoms with Gasteiger partial charge in [0.15, 0.2) is 11.0 Å². The number of hydrogen-bond acceptors (Lipinski definition) is 4. The number of rotatable bonds is 1. The standard InChI is InChI=1S/C12H6Cl2N4/c13-10-8-3-6-16-11(14)9(8)17-12(18-10)7-1-4-15-5-2-7/h1-6H. The lowest BCUT2D eigenvalue weighted by Crippen LogP contribution is -1.93. The Morgan fingerprint density at radius 1 is 0.833 bits per heavy atom. The molecule has 18 heavy (non-hydrogen) atoms. The van der Waals surface area contributed by atoms with Crippen molar-refractivity contribution in [1.82, 2.24) is 19.9 Å². The molecule has 3 aromatic heterocycles. The largest absolute Gasteiger partial charge is 0.265 e. The van der Waals surface area contributed by atoms with Crippen LogP contribution in [0.5, 0.6) is 0 Å². The van der Waals surface area contributed by atoms with E-state index in [1.165, 1.54) is 0 Å². The normalized spacial score (nSPS) is 10.8. The lowest BCUT2D eigenvalue weighted by atomic mass is 10.2. The molecule has 0 radical (unpaired) electrons. The lowest BCUT2D eigenvalue weighted by molar-refractivity contribution is 1.20. The molecule has 0 spiro atoms. The van der Waals surface area contributed by atoms with Gasteiger partial charge in [0.1, 0.15) is 10.7 Å². The van der Waals surface area contributed by atoms with E-state index in [-0.39, 0.29) is 0 Å². The van der Waals surface area contributed by atoms with E-state index in [1.54, 1.807) is 24.7 Å². The molecular formula is C12H6Cl2N4. The summed E-state index contributed by atoms with van der Waals surface area (Å²) in [4.78, 5) is 16.6. The SMILES string of the molecule is Clc1nc(-c2ccncc2)nc2c(Cl)nccc12. The first-order valence-corrected chi connectivity index (χ1v) is 5.89. The van der Waals surface area contributed by atoms with Crippen molar-refractivity contribution >= 4 is 34.1 Å². The Kier molecular flexibility index (Phi) is 2.81. The maximum Gasteiger partial charge on any atom is 0.161 e. The van der Waals surface area contributed by atoms with Crippen LogP contribution in [0.3, 0.4) is 0 Å². The van der Waals surface area contributed by atoms with Crippen molar-refractivity contribution in [3.05, 3.63) is 47.1 Å². The number of hydrogen-bond donors (Lipinski definition) is 0. The first-order valence-electron chi connectivity index (χ1n) is 5.14. The maximum atomic E-state index is 6.13. The summed E-state index contributed by atoms with van der Waals surface area (Å²) in [6.07, 6.45) is 4.91. The number of aromatic nitrogens is 4. The van der Waals surface area contributed by atoms with Gasteiger partial charge in [0.2, 0.25) is 0 Å². The highest BCUT2D eigenvalue weighted by Crippen LogP contribution is 2.27. The van der Waals surface area contributed by atoms with Crippen LogP contribution in [0.2, 0.25) is 10.3 Å². The van der Waals surface area contributed by atoms with Crippen LogP contribution >= 0.6 is 23.2 Å². The van der Waals surface area contributed by atoms with Crippen molar-refractivity contribution < 1.29 is 0 Å². The first kappa shape index (κ1) is 11.3. The monoisotopic (exact) mass is 276 g/mol. The summed E-state index contributed by atoms with van der Waals surface area (Å²) in [5.74, 6) is 0.504. The van der Waals surface area contributed by atoms with E-state index >= 15 is 0 Å². The van der Waals surface area contributed by atoms with Crippen LogP contribution < -0.4 is 0 Å². The zero-order valence-corrected chi connectivity index (χ0v) is 10.5. The van der Waals surface area contributed by atoms with Crippen molar-refractivity contribution in [2.45, 2.75) is 0 Å². The average molecular weight is 277 g/mol. The summed E-state index contributed by atoms with van der Waals surface area (Å²) < 4.78 is 0. The van der Waals surface area contributed by atoms with Crippen LogP contribution in [-0.2, 0) is 0 Å². The van der Waals surface area contributed by atoms with Crippen LogP contribution in [0.4, 0.5) is 0 Å². The van der Waals surface area contributed by atoms with E-state index in [4.69, 9.17) is 23.2 Å². The van der Waals surface area contributed by atoms with E-state index in [2.05, 4.69) is 19.9 Å². The third kappa shape index (κ3) is 1.89. The van der Waals surface area contributed by atoms with Crippen molar-refractivity contribution in [2.75, 3.05) is 0 Å². The topological polar surface area (TPSA) is 51.6 Å². The van der Waals surface area contributed by atoms with Gasteiger partial charge in [0.05, 0.1) is 0 Å². The molecule has 0 unspecified atom stereocenters. The van der Waals surface area contributed by atoms with Gasteiger partial charge in [-0.1, -0.05) is 23.2 Å². The molecule has 4 nitrogen and oxygen atoms in total. The Morgan fingerprint density at radius 2 is 1.61 bits per heavy atom. The van der Waals surface area contributed by atoms with Gasteiger partial charge in [-0.3, -0.25) is 4.98 Å².